The van der Waals surface area contributed by atoms with Crippen molar-refractivity contribution in [3.8, 4) is 11.4 Å². The van der Waals surface area contributed by atoms with Gasteiger partial charge in [0.15, 0.2) is 8.07 Å². The van der Waals surface area contributed by atoms with E-state index in [4.69, 9.17) is 0 Å². The van der Waals surface area contributed by atoms with Crippen LogP contribution in [0.2, 0.25) is 0 Å². The Morgan fingerprint density at radius 2 is 1.11 bits per heavy atom. The van der Waals surface area contributed by atoms with Crippen LogP contribution in [-0.2, 0) is 12.2 Å². The summed E-state index contributed by atoms with van der Waals surface area (Å²) >= 11 is 0. The van der Waals surface area contributed by atoms with E-state index in [1.54, 1.807) is 0 Å². The Morgan fingerprint density at radius 1 is 0.556 bits per heavy atom. The van der Waals surface area contributed by atoms with E-state index in [1.807, 2.05) is 0 Å². The topological polar surface area (TPSA) is 12.1 Å². The molecule has 3 nitrogen and oxygen atoms in total. The van der Waals surface area contributed by atoms with Crippen LogP contribution in [0.4, 0.5) is 11.4 Å². The van der Waals surface area contributed by atoms with Crippen molar-refractivity contribution < 1.29 is 4.57 Å². The van der Waals surface area contributed by atoms with Gasteiger partial charge in [-0.3, -0.25) is 4.90 Å². The van der Waals surface area contributed by atoms with Crippen molar-refractivity contribution in [3.63, 3.8) is 0 Å². The molecule has 7 aromatic rings. The molecule has 0 unspecified atom stereocenters. The molecule has 212 valence electrons. The molecule has 0 spiro atoms. The molecule has 4 heteroatoms. The van der Waals surface area contributed by atoms with Gasteiger partial charge in [-0.1, -0.05) is 152 Å². The number of imidazole rings is 1. The first-order chi connectivity index (χ1) is 22.3. The summed E-state index contributed by atoms with van der Waals surface area (Å²) in [5.74, 6) is 1.29. The average Bonchev–Trinajstić information content (AvgIpc) is 3.71. The van der Waals surface area contributed by atoms with E-state index in [-0.39, 0.29) is 0 Å². The molecule has 0 atom stereocenters. The molecular weight excluding hydrogens is 563 g/mol. The van der Waals surface area contributed by atoms with Gasteiger partial charge in [0.25, 0.3) is 5.82 Å². The highest BCUT2D eigenvalue weighted by molar-refractivity contribution is 7.21. The maximum Gasteiger partial charge on any atom is 0.294 e. The van der Waals surface area contributed by atoms with E-state index in [1.165, 1.54) is 60.2 Å². The van der Waals surface area contributed by atoms with E-state index in [0.29, 0.717) is 0 Å². The lowest BCUT2D eigenvalue weighted by atomic mass is 9.84. The van der Waals surface area contributed by atoms with E-state index in [9.17, 15) is 0 Å². The fraction of sp³-hybridized carbons (Fsp3) is 0.0488. The fourth-order valence-corrected chi connectivity index (χ4v) is 13.8. The second-order valence-electron chi connectivity index (χ2n) is 12.4. The molecule has 6 aromatic carbocycles. The quantitative estimate of drug-likeness (QED) is 0.197. The van der Waals surface area contributed by atoms with E-state index in [0.717, 1.165) is 6.54 Å². The first kappa shape index (κ1) is 24.9. The molecule has 1 aromatic heterocycles. The van der Waals surface area contributed by atoms with Gasteiger partial charge in [-0.15, -0.1) is 0 Å². The molecule has 0 radical (unpaired) electrons. The number of para-hydroxylation sites is 1. The molecule has 3 aliphatic rings. The molecule has 0 saturated heterocycles. The monoisotopic (exact) mass is 592 g/mol. The number of rotatable bonds is 4. The second-order valence-corrected chi connectivity index (χ2v) is 16.1. The average molecular weight is 593 g/mol. The minimum absolute atomic E-state index is 0.641. The molecular formula is C41H30N3Si+. The Kier molecular flexibility index (Phi) is 5.01. The third-order valence-electron chi connectivity index (χ3n) is 10.3. The minimum Gasteiger partial charge on any atom is -0.291 e. The first-order valence-electron chi connectivity index (χ1n) is 15.7. The predicted octanol–water partition coefficient (Wildman–Crippen LogP) is 5.40. The molecule has 0 bridgehead atoms. The van der Waals surface area contributed by atoms with Gasteiger partial charge in [0.05, 0.1) is 11.3 Å². The van der Waals surface area contributed by atoms with Crippen LogP contribution in [0, 0.1) is 0 Å². The van der Waals surface area contributed by atoms with Crippen LogP contribution in [-0.4, -0.2) is 12.6 Å². The second kappa shape index (κ2) is 9.04. The Labute approximate surface area is 263 Å². The number of anilines is 2. The van der Waals surface area contributed by atoms with E-state index in [2.05, 4.69) is 184 Å². The zero-order valence-corrected chi connectivity index (χ0v) is 25.7. The summed E-state index contributed by atoms with van der Waals surface area (Å²) in [6.07, 6.45) is 4.59. The molecule has 0 saturated carbocycles. The molecule has 45 heavy (non-hydrogen) atoms. The molecule has 0 fully saturated rings. The van der Waals surface area contributed by atoms with Crippen LogP contribution in [0.25, 0.3) is 11.4 Å². The van der Waals surface area contributed by atoms with Gasteiger partial charge in [0.1, 0.15) is 18.9 Å². The zero-order valence-electron chi connectivity index (χ0n) is 24.7. The Morgan fingerprint density at radius 3 is 1.73 bits per heavy atom. The third kappa shape index (κ3) is 2.98. The Balaban J connectivity index is 1.46. The van der Waals surface area contributed by atoms with Gasteiger partial charge >= 0.3 is 0 Å². The van der Waals surface area contributed by atoms with Crippen LogP contribution in [0.5, 0.6) is 0 Å². The van der Waals surface area contributed by atoms with Crippen molar-refractivity contribution in [1.29, 1.82) is 0 Å². The van der Waals surface area contributed by atoms with Crippen molar-refractivity contribution in [1.82, 2.24) is 4.57 Å². The predicted molar refractivity (Wildman–Crippen MR) is 184 cm³/mol. The summed E-state index contributed by atoms with van der Waals surface area (Å²) < 4.78 is 5.01. The smallest absolute Gasteiger partial charge is 0.291 e. The van der Waals surface area contributed by atoms with Gasteiger partial charge in [0.2, 0.25) is 5.66 Å². The number of fused-ring (bicyclic) bond motifs is 2. The van der Waals surface area contributed by atoms with Crippen molar-refractivity contribution in [2.45, 2.75) is 12.2 Å². The maximum absolute atomic E-state index is 2.76. The van der Waals surface area contributed by atoms with Crippen molar-refractivity contribution in [3.05, 3.63) is 187 Å². The van der Waals surface area contributed by atoms with Gasteiger partial charge in [-0.2, -0.15) is 4.57 Å². The van der Waals surface area contributed by atoms with Crippen LogP contribution in [0.15, 0.2) is 170 Å². The van der Waals surface area contributed by atoms with E-state index >= 15 is 0 Å². The fourth-order valence-electron chi connectivity index (χ4n) is 8.72. The summed E-state index contributed by atoms with van der Waals surface area (Å²) in [4.78, 5) is 2.71. The third-order valence-corrected chi connectivity index (χ3v) is 15.2. The van der Waals surface area contributed by atoms with Crippen molar-refractivity contribution in [2.75, 3.05) is 4.90 Å². The number of hydrogen-bond acceptors (Lipinski definition) is 1. The molecule has 3 aliphatic heterocycles. The maximum atomic E-state index is 2.71. The normalized spacial score (nSPS) is 15.8. The molecule has 4 heterocycles. The highest BCUT2D eigenvalue weighted by Gasteiger charge is 2.61. The summed E-state index contributed by atoms with van der Waals surface area (Å²) in [5, 5.41) is 5.70. The highest BCUT2D eigenvalue weighted by Crippen LogP contribution is 2.55. The van der Waals surface area contributed by atoms with Crippen LogP contribution >= 0.6 is 0 Å². The highest BCUT2D eigenvalue weighted by atomic mass is 28.3. The zero-order chi connectivity index (χ0) is 29.6. The lowest BCUT2D eigenvalue weighted by Crippen LogP contribution is -2.78. The van der Waals surface area contributed by atoms with Crippen LogP contribution < -0.4 is 30.2 Å². The number of benzene rings is 6. The first-order valence-corrected chi connectivity index (χ1v) is 17.7. The van der Waals surface area contributed by atoms with E-state index < -0.39 is 13.7 Å². The van der Waals surface area contributed by atoms with Crippen LogP contribution in [0.1, 0.15) is 16.7 Å². The molecule has 10 rings (SSSR count). The summed E-state index contributed by atoms with van der Waals surface area (Å²) in [6.45, 7) is 0.880. The summed E-state index contributed by atoms with van der Waals surface area (Å²) in [6, 6.07) is 59.1. The van der Waals surface area contributed by atoms with Gasteiger partial charge in [-0.25, -0.2) is 4.57 Å². The largest absolute Gasteiger partial charge is 0.294 e. The Hall–Kier alpha value is -5.45. The standard InChI is InChI=1S/C41H30N3Si/c1-5-15-31(16-6-1)41(32-17-7-2-8-18-32)43-28-27-42-29-30-25-26-37-39(38(30)40(42)43)44(41)35-23-13-14-24-36(35)45(37,33-19-9-3-10-20-33)34-21-11-4-12-22-34/h1-28H,29H2/q+1. The van der Waals surface area contributed by atoms with Crippen LogP contribution in [0.3, 0.4) is 0 Å². The van der Waals surface area contributed by atoms with Crippen molar-refractivity contribution >= 4 is 40.2 Å². The Bertz CT molecular complexity index is 2160. The minimum atomic E-state index is -2.76. The van der Waals surface area contributed by atoms with Gasteiger partial charge < -0.3 is 0 Å². The molecule has 0 amide bonds. The molecule has 0 aliphatic carbocycles. The summed E-state index contributed by atoms with van der Waals surface area (Å²) in [7, 11) is -2.76. The number of aromatic nitrogens is 2. The SMILES string of the molecule is c1ccc(C2(c3ccccc3)N3c4ccccc4[Si](c4ccccc4)(c4ccccc4)c4ccc5c(c43)-c3n2cc[n+]3C5)cc1. The lowest BCUT2D eigenvalue weighted by molar-refractivity contribution is -0.671. The van der Waals surface area contributed by atoms with Crippen molar-refractivity contribution in [2.24, 2.45) is 0 Å². The van der Waals surface area contributed by atoms with Gasteiger partial charge in [-0.05, 0) is 26.8 Å². The number of nitrogens with zero attached hydrogens (tertiary/aromatic N) is 3. The van der Waals surface area contributed by atoms with Gasteiger partial charge in [0, 0.05) is 22.4 Å². The lowest BCUT2D eigenvalue weighted by Gasteiger charge is -2.53. The molecule has 0 N–H and O–H groups in total. The summed E-state index contributed by atoms with van der Waals surface area (Å²) in [5.41, 5.74) is 7.25. The number of hydrogen-bond donors (Lipinski definition) is 0.